The van der Waals surface area contributed by atoms with Crippen LogP contribution in [0.2, 0.25) is 0 Å². The van der Waals surface area contributed by atoms with Gasteiger partial charge in [-0.2, -0.15) is 0 Å². The molecular formula is C12H12BrF2NO. The van der Waals surface area contributed by atoms with Crippen LogP contribution in [-0.2, 0) is 11.2 Å². The van der Waals surface area contributed by atoms with Crippen molar-refractivity contribution >= 4 is 21.8 Å². The monoisotopic (exact) mass is 303 g/mol. The minimum absolute atomic E-state index is 0.0800. The third kappa shape index (κ3) is 2.83. The summed E-state index contributed by atoms with van der Waals surface area (Å²) in [6, 6.07) is 3.91. The molecule has 0 spiro atoms. The highest BCUT2D eigenvalue weighted by molar-refractivity contribution is 9.09. The summed E-state index contributed by atoms with van der Waals surface area (Å²) in [6.07, 6.45) is 0.820. The van der Waals surface area contributed by atoms with Crippen LogP contribution in [0.5, 0.6) is 0 Å². The second kappa shape index (κ2) is 5.12. The predicted octanol–water partition coefficient (Wildman–Crippen LogP) is 2.50. The van der Waals surface area contributed by atoms with E-state index in [0.717, 1.165) is 12.5 Å². The van der Waals surface area contributed by atoms with Gasteiger partial charge in [0.05, 0.1) is 6.42 Å². The van der Waals surface area contributed by atoms with Crippen LogP contribution >= 0.6 is 15.9 Å². The van der Waals surface area contributed by atoms with E-state index in [9.17, 15) is 13.6 Å². The van der Waals surface area contributed by atoms with E-state index in [1.807, 2.05) is 0 Å². The highest BCUT2D eigenvalue weighted by atomic mass is 79.9. The van der Waals surface area contributed by atoms with Crippen molar-refractivity contribution < 1.29 is 13.6 Å². The molecule has 1 aliphatic heterocycles. The molecule has 17 heavy (non-hydrogen) atoms. The molecule has 2 nitrogen and oxygen atoms in total. The number of hydrogen-bond donors (Lipinski definition) is 0. The van der Waals surface area contributed by atoms with Gasteiger partial charge in [0.1, 0.15) is 0 Å². The minimum Gasteiger partial charge on any atom is -0.341 e. The number of carbonyl (C=O) groups is 1. The van der Waals surface area contributed by atoms with Gasteiger partial charge in [-0.25, -0.2) is 8.78 Å². The molecule has 1 amide bonds. The van der Waals surface area contributed by atoms with E-state index < -0.39 is 11.6 Å². The van der Waals surface area contributed by atoms with Crippen molar-refractivity contribution in [1.82, 2.24) is 4.90 Å². The standard InChI is InChI=1S/C12H12BrF2NO/c13-9-4-5-16(7-9)11(17)6-8-2-1-3-10(14)12(8)15/h1-3,9H,4-7H2. The molecule has 5 heteroatoms. The van der Waals surface area contributed by atoms with E-state index in [2.05, 4.69) is 15.9 Å². The number of nitrogens with zero attached hydrogens (tertiary/aromatic N) is 1. The molecule has 1 saturated heterocycles. The number of halogens is 3. The van der Waals surface area contributed by atoms with Crippen molar-refractivity contribution in [1.29, 1.82) is 0 Å². The molecule has 0 aliphatic carbocycles. The Labute approximate surface area is 107 Å². The fourth-order valence-corrected chi connectivity index (χ4v) is 2.46. The predicted molar refractivity (Wildman–Crippen MR) is 64.0 cm³/mol. The number of alkyl halides is 1. The molecule has 1 aromatic rings. The Balaban J connectivity index is 2.06. The molecule has 0 radical (unpaired) electrons. The Hall–Kier alpha value is -0.970. The summed E-state index contributed by atoms with van der Waals surface area (Å²) in [5.74, 6) is -1.98. The smallest absolute Gasteiger partial charge is 0.227 e. The fourth-order valence-electron chi connectivity index (χ4n) is 1.90. The topological polar surface area (TPSA) is 20.3 Å². The maximum absolute atomic E-state index is 13.4. The van der Waals surface area contributed by atoms with Crippen molar-refractivity contribution in [3.63, 3.8) is 0 Å². The van der Waals surface area contributed by atoms with E-state index in [-0.39, 0.29) is 17.9 Å². The van der Waals surface area contributed by atoms with Crippen LogP contribution in [0.15, 0.2) is 18.2 Å². The van der Waals surface area contributed by atoms with E-state index in [4.69, 9.17) is 0 Å². The largest absolute Gasteiger partial charge is 0.341 e. The molecule has 1 heterocycles. The summed E-state index contributed by atoms with van der Waals surface area (Å²) in [4.78, 5) is 13.8. The van der Waals surface area contributed by atoms with Crippen LogP contribution in [0.3, 0.4) is 0 Å². The van der Waals surface area contributed by atoms with Gasteiger partial charge in [0, 0.05) is 23.5 Å². The summed E-state index contributed by atoms with van der Waals surface area (Å²) >= 11 is 3.43. The van der Waals surface area contributed by atoms with Crippen LogP contribution in [-0.4, -0.2) is 28.7 Å². The van der Waals surface area contributed by atoms with Gasteiger partial charge >= 0.3 is 0 Å². The lowest BCUT2D eigenvalue weighted by Gasteiger charge is -2.15. The molecule has 0 bridgehead atoms. The van der Waals surface area contributed by atoms with Crippen molar-refractivity contribution in [3.8, 4) is 0 Å². The van der Waals surface area contributed by atoms with Crippen LogP contribution in [0.25, 0.3) is 0 Å². The average molecular weight is 304 g/mol. The fraction of sp³-hybridized carbons (Fsp3) is 0.417. The lowest BCUT2D eigenvalue weighted by Crippen LogP contribution is -2.30. The number of likely N-dealkylation sites (tertiary alicyclic amines) is 1. The van der Waals surface area contributed by atoms with E-state index in [1.165, 1.54) is 12.1 Å². The lowest BCUT2D eigenvalue weighted by atomic mass is 10.1. The van der Waals surface area contributed by atoms with E-state index in [0.29, 0.717) is 17.9 Å². The van der Waals surface area contributed by atoms with Gasteiger partial charge in [0.15, 0.2) is 11.6 Å². The molecule has 0 aromatic heterocycles. The van der Waals surface area contributed by atoms with Gasteiger partial charge in [-0.1, -0.05) is 28.1 Å². The Morgan fingerprint density at radius 3 is 2.88 bits per heavy atom. The summed E-state index contributed by atoms with van der Waals surface area (Å²) < 4.78 is 26.3. The molecule has 0 N–H and O–H groups in total. The molecule has 1 fully saturated rings. The summed E-state index contributed by atoms with van der Waals surface area (Å²) in [5.41, 5.74) is 0.119. The first-order chi connectivity index (χ1) is 8.08. The second-order valence-electron chi connectivity index (χ2n) is 4.12. The first-order valence-corrected chi connectivity index (χ1v) is 6.34. The number of amides is 1. The van der Waals surface area contributed by atoms with Crippen LogP contribution < -0.4 is 0 Å². The van der Waals surface area contributed by atoms with Crippen molar-refractivity contribution in [2.75, 3.05) is 13.1 Å². The van der Waals surface area contributed by atoms with Crippen molar-refractivity contribution in [2.45, 2.75) is 17.7 Å². The Morgan fingerprint density at radius 2 is 2.24 bits per heavy atom. The third-order valence-corrected chi connectivity index (χ3v) is 3.60. The minimum atomic E-state index is -0.921. The molecule has 1 aliphatic rings. The van der Waals surface area contributed by atoms with Gasteiger partial charge in [0.2, 0.25) is 5.91 Å². The molecule has 1 unspecified atom stereocenters. The van der Waals surface area contributed by atoms with Crippen LogP contribution in [0.4, 0.5) is 8.78 Å². The quantitative estimate of drug-likeness (QED) is 0.769. The van der Waals surface area contributed by atoms with Crippen LogP contribution in [0, 0.1) is 11.6 Å². The maximum atomic E-state index is 13.4. The zero-order valence-corrected chi connectivity index (χ0v) is 10.7. The first kappa shape index (κ1) is 12.5. The lowest BCUT2D eigenvalue weighted by molar-refractivity contribution is -0.129. The maximum Gasteiger partial charge on any atom is 0.227 e. The summed E-state index contributed by atoms with van der Waals surface area (Å²) in [5, 5.41) is 0. The molecule has 1 atom stereocenters. The number of hydrogen-bond acceptors (Lipinski definition) is 1. The zero-order chi connectivity index (χ0) is 12.4. The number of rotatable bonds is 2. The Kier molecular flexibility index (Phi) is 3.76. The molecule has 0 saturated carbocycles. The SMILES string of the molecule is O=C(Cc1cccc(F)c1F)N1CCC(Br)C1. The molecule has 92 valence electrons. The van der Waals surface area contributed by atoms with E-state index in [1.54, 1.807) is 4.90 Å². The zero-order valence-electron chi connectivity index (χ0n) is 9.13. The second-order valence-corrected chi connectivity index (χ2v) is 5.41. The van der Waals surface area contributed by atoms with Crippen molar-refractivity contribution in [2.24, 2.45) is 0 Å². The molecule has 2 rings (SSSR count). The highest BCUT2D eigenvalue weighted by Crippen LogP contribution is 2.19. The average Bonchev–Trinajstić information content (AvgIpc) is 2.72. The number of carbonyl (C=O) groups excluding carboxylic acids is 1. The van der Waals surface area contributed by atoms with Crippen molar-refractivity contribution in [3.05, 3.63) is 35.4 Å². The van der Waals surface area contributed by atoms with Gasteiger partial charge < -0.3 is 4.90 Å². The summed E-state index contributed by atoms with van der Waals surface area (Å²) in [6.45, 7) is 1.31. The highest BCUT2D eigenvalue weighted by Gasteiger charge is 2.25. The molecular weight excluding hydrogens is 292 g/mol. The van der Waals surface area contributed by atoms with Gasteiger partial charge in [0.25, 0.3) is 0 Å². The number of benzene rings is 1. The summed E-state index contributed by atoms with van der Waals surface area (Å²) in [7, 11) is 0. The van der Waals surface area contributed by atoms with Crippen LogP contribution in [0.1, 0.15) is 12.0 Å². The van der Waals surface area contributed by atoms with Gasteiger partial charge in [-0.05, 0) is 12.5 Å². The molecule has 1 aromatic carbocycles. The Morgan fingerprint density at radius 1 is 1.47 bits per heavy atom. The van der Waals surface area contributed by atoms with Gasteiger partial charge in [-0.15, -0.1) is 0 Å². The van der Waals surface area contributed by atoms with E-state index >= 15 is 0 Å². The Bertz CT molecular complexity index is 439. The normalized spacial score (nSPS) is 19.7. The third-order valence-electron chi connectivity index (χ3n) is 2.86. The first-order valence-electron chi connectivity index (χ1n) is 5.42. The van der Waals surface area contributed by atoms with Gasteiger partial charge in [-0.3, -0.25) is 4.79 Å².